The van der Waals surface area contributed by atoms with Crippen molar-refractivity contribution in [3.05, 3.63) is 22.4 Å². The van der Waals surface area contributed by atoms with Crippen molar-refractivity contribution in [2.75, 3.05) is 19.6 Å². The van der Waals surface area contributed by atoms with E-state index in [1.54, 1.807) is 0 Å². The lowest BCUT2D eigenvalue weighted by atomic mass is 10.2. The summed E-state index contributed by atoms with van der Waals surface area (Å²) in [6.45, 7) is 3.17. The molecule has 2 nitrogen and oxygen atoms in total. The van der Waals surface area contributed by atoms with E-state index in [-0.39, 0.29) is 0 Å². The van der Waals surface area contributed by atoms with E-state index < -0.39 is 0 Å². The zero-order valence-electron chi connectivity index (χ0n) is 7.70. The highest BCUT2D eigenvalue weighted by Gasteiger charge is 2.13. The standard InChI is InChI=1S/C10H15N2S/c1-2-10(13-7-1)4-6-12-9-3-5-11-8-9/h1-2,7,9,12H,3-6,8H2. The Morgan fingerprint density at radius 1 is 1.62 bits per heavy atom. The Labute approximate surface area is 83.4 Å². The van der Waals surface area contributed by atoms with E-state index in [0.29, 0.717) is 6.04 Å². The molecule has 13 heavy (non-hydrogen) atoms. The summed E-state index contributed by atoms with van der Waals surface area (Å²) in [5.74, 6) is 0. The van der Waals surface area contributed by atoms with Crippen molar-refractivity contribution in [3.8, 4) is 0 Å². The van der Waals surface area contributed by atoms with Crippen LogP contribution in [0.2, 0.25) is 0 Å². The molecule has 1 aromatic rings. The van der Waals surface area contributed by atoms with Crippen molar-refractivity contribution in [2.24, 2.45) is 0 Å². The molecule has 0 saturated carbocycles. The highest BCUT2D eigenvalue weighted by molar-refractivity contribution is 7.09. The smallest absolute Gasteiger partial charge is 0.0288 e. The Balaban J connectivity index is 1.63. The van der Waals surface area contributed by atoms with Crippen molar-refractivity contribution in [2.45, 2.75) is 18.9 Å². The van der Waals surface area contributed by atoms with E-state index in [0.717, 1.165) is 26.1 Å². The molecule has 1 aliphatic rings. The zero-order chi connectivity index (χ0) is 8.93. The molecule has 1 aliphatic heterocycles. The number of nitrogens with zero attached hydrogens (tertiary/aromatic N) is 1. The summed E-state index contributed by atoms with van der Waals surface area (Å²) in [6.07, 6.45) is 2.39. The van der Waals surface area contributed by atoms with Crippen molar-refractivity contribution in [1.82, 2.24) is 10.6 Å². The molecule has 1 saturated heterocycles. The molecular formula is C10H15N2S. The van der Waals surface area contributed by atoms with E-state index in [4.69, 9.17) is 0 Å². The van der Waals surface area contributed by atoms with E-state index in [9.17, 15) is 0 Å². The van der Waals surface area contributed by atoms with Gasteiger partial charge in [0.15, 0.2) is 0 Å². The number of hydrogen-bond donors (Lipinski definition) is 1. The second-order valence-corrected chi connectivity index (χ2v) is 4.43. The summed E-state index contributed by atoms with van der Waals surface area (Å²) in [6, 6.07) is 4.97. The van der Waals surface area contributed by atoms with Crippen LogP contribution in [0.3, 0.4) is 0 Å². The predicted molar refractivity (Wildman–Crippen MR) is 56.3 cm³/mol. The molecule has 71 valence electrons. The second-order valence-electron chi connectivity index (χ2n) is 3.40. The van der Waals surface area contributed by atoms with Gasteiger partial charge in [-0.1, -0.05) is 6.07 Å². The van der Waals surface area contributed by atoms with Gasteiger partial charge in [-0.3, -0.25) is 0 Å². The molecule has 0 spiro atoms. The Morgan fingerprint density at radius 2 is 2.62 bits per heavy atom. The second kappa shape index (κ2) is 4.74. The molecule has 3 heteroatoms. The van der Waals surface area contributed by atoms with Crippen LogP contribution in [0.1, 0.15) is 11.3 Å². The fourth-order valence-electron chi connectivity index (χ4n) is 1.61. The van der Waals surface area contributed by atoms with Crippen LogP contribution in [-0.4, -0.2) is 25.7 Å². The van der Waals surface area contributed by atoms with Crippen LogP contribution in [0.5, 0.6) is 0 Å². The molecule has 0 aliphatic carbocycles. The Bertz CT molecular complexity index is 227. The van der Waals surface area contributed by atoms with Gasteiger partial charge in [0, 0.05) is 30.6 Å². The van der Waals surface area contributed by atoms with Crippen molar-refractivity contribution in [1.29, 1.82) is 0 Å². The molecule has 0 aromatic carbocycles. The summed E-state index contributed by atoms with van der Waals surface area (Å²) < 4.78 is 0. The minimum Gasteiger partial charge on any atom is -0.312 e. The van der Waals surface area contributed by atoms with Gasteiger partial charge in [-0.2, -0.15) is 0 Å². The van der Waals surface area contributed by atoms with Crippen LogP contribution in [-0.2, 0) is 6.42 Å². The highest BCUT2D eigenvalue weighted by atomic mass is 32.1. The molecule has 1 atom stereocenters. The number of nitrogens with one attached hydrogen (secondary N) is 1. The van der Waals surface area contributed by atoms with E-state index >= 15 is 0 Å². The van der Waals surface area contributed by atoms with Gasteiger partial charge >= 0.3 is 0 Å². The predicted octanol–water partition coefficient (Wildman–Crippen LogP) is 1.26. The van der Waals surface area contributed by atoms with Crippen molar-refractivity contribution < 1.29 is 0 Å². The largest absolute Gasteiger partial charge is 0.312 e. The first kappa shape index (κ1) is 9.19. The monoisotopic (exact) mass is 195 g/mol. The molecule has 2 heterocycles. The summed E-state index contributed by atoms with van der Waals surface area (Å²) in [4.78, 5) is 1.47. The van der Waals surface area contributed by atoms with Gasteiger partial charge in [-0.15, -0.1) is 11.3 Å². The topological polar surface area (TPSA) is 26.1 Å². The molecule has 0 bridgehead atoms. The fourth-order valence-corrected chi connectivity index (χ4v) is 2.32. The molecule has 1 unspecified atom stereocenters. The minimum atomic E-state index is 0.653. The third-order valence-electron chi connectivity index (χ3n) is 2.37. The minimum absolute atomic E-state index is 0.653. The first-order chi connectivity index (χ1) is 6.45. The van der Waals surface area contributed by atoms with Crippen LogP contribution >= 0.6 is 11.3 Å². The van der Waals surface area contributed by atoms with Crippen LogP contribution in [0.4, 0.5) is 0 Å². The summed E-state index contributed by atoms with van der Waals surface area (Å²) in [5, 5.41) is 9.99. The molecule has 1 radical (unpaired) electrons. The maximum Gasteiger partial charge on any atom is 0.0288 e. The third kappa shape index (κ3) is 2.79. The number of rotatable bonds is 4. The number of hydrogen-bond acceptors (Lipinski definition) is 2. The average Bonchev–Trinajstić information content (AvgIpc) is 2.75. The van der Waals surface area contributed by atoms with Crippen LogP contribution in [0.15, 0.2) is 17.5 Å². The van der Waals surface area contributed by atoms with Gasteiger partial charge in [0.25, 0.3) is 0 Å². The first-order valence-corrected chi connectivity index (χ1v) is 5.72. The van der Waals surface area contributed by atoms with E-state index in [1.165, 1.54) is 11.3 Å². The van der Waals surface area contributed by atoms with Crippen LogP contribution in [0, 0.1) is 0 Å². The molecule has 1 aromatic heterocycles. The fraction of sp³-hybridized carbons (Fsp3) is 0.600. The zero-order valence-corrected chi connectivity index (χ0v) is 8.52. The van der Waals surface area contributed by atoms with Crippen LogP contribution < -0.4 is 10.6 Å². The lowest BCUT2D eigenvalue weighted by Gasteiger charge is -2.09. The van der Waals surface area contributed by atoms with E-state index in [2.05, 4.69) is 28.1 Å². The summed E-state index contributed by atoms with van der Waals surface area (Å²) >= 11 is 1.84. The maximum atomic E-state index is 4.32. The number of thiophene rings is 1. The Hall–Kier alpha value is -0.380. The lowest BCUT2D eigenvalue weighted by Crippen LogP contribution is -2.31. The molecule has 1 fully saturated rings. The van der Waals surface area contributed by atoms with Gasteiger partial charge < -0.3 is 5.32 Å². The lowest BCUT2D eigenvalue weighted by molar-refractivity contribution is 0.551. The molecule has 0 amide bonds. The van der Waals surface area contributed by atoms with E-state index in [1.807, 2.05) is 11.3 Å². The summed E-state index contributed by atoms with van der Waals surface area (Å²) in [5.41, 5.74) is 0. The van der Waals surface area contributed by atoms with Gasteiger partial charge in [0.2, 0.25) is 0 Å². The Morgan fingerprint density at radius 3 is 3.31 bits per heavy atom. The van der Waals surface area contributed by atoms with Crippen LogP contribution in [0.25, 0.3) is 0 Å². The van der Waals surface area contributed by atoms with Gasteiger partial charge in [0.05, 0.1) is 0 Å². The quantitative estimate of drug-likeness (QED) is 0.769. The highest BCUT2D eigenvalue weighted by Crippen LogP contribution is 2.08. The van der Waals surface area contributed by atoms with Crippen molar-refractivity contribution >= 4 is 11.3 Å². The molecule has 1 N–H and O–H groups in total. The van der Waals surface area contributed by atoms with Gasteiger partial charge in [0.1, 0.15) is 0 Å². The summed E-state index contributed by atoms with van der Waals surface area (Å²) in [7, 11) is 0. The first-order valence-electron chi connectivity index (χ1n) is 4.84. The average molecular weight is 195 g/mol. The molecular weight excluding hydrogens is 180 g/mol. The van der Waals surface area contributed by atoms with Gasteiger partial charge in [-0.05, 0) is 24.3 Å². The van der Waals surface area contributed by atoms with Gasteiger partial charge in [-0.25, -0.2) is 5.32 Å². The SMILES string of the molecule is c1csc(CCNC2CC[N]C2)c1. The maximum absolute atomic E-state index is 4.32. The third-order valence-corrected chi connectivity index (χ3v) is 3.31. The Kier molecular flexibility index (Phi) is 3.35. The van der Waals surface area contributed by atoms with Crippen molar-refractivity contribution in [3.63, 3.8) is 0 Å². The molecule has 2 rings (SSSR count). The normalized spacial score (nSPS) is 22.3.